The van der Waals surface area contributed by atoms with E-state index in [0.29, 0.717) is 54.1 Å². The molecule has 2 saturated heterocycles. The fourth-order valence-corrected chi connectivity index (χ4v) is 5.80. The molecule has 2 fully saturated rings. The lowest BCUT2D eigenvalue weighted by Gasteiger charge is -2.43. The van der Waals surface area contributed by atoms with Crippen molar-refractivity contribution in [3.63, 3.8) is 0 Å². The topological polar surface area (TPSA) is 91.8 Å². The van der Waals surface area contributed by atoms with Gasteiger partial charge >= 0.3 is 6.03 Å². The van der Waals surface area contributed by atoms with E-state index in [0.717, 1.165) is 42.4 Å². The normalized spacial score (nSPS) is 19.8. The molecule has 2 aliphatic rings. The van der Waals surface area contributed by atoms with Crippen LogP contribution in [0.5, 0.6) is 0 Å². The molecule has 37 heavy (non-hydrogen) atoms. The summed E-state index contributed by atoms with van der Waals surface area (Å²) in [5.74, 6) is 0.0874. The number of aromatic amines is 1. The molecule has 0 radical (unpaired) electrons. The number of aromatic nitrogens is 1. The van der Waals surface area contributed by atoms with E-state index in [1.807, 2.05) is 6.20 Å². The lowest BCUT2D eigenvalue weighted by Crippen LogP contribution is -2.56. The number of fused-ring (bicyclic) bond motifs is 1. The Kier molecular flexibility index (Phi) is 7.65. The van der Waals surface area contributed by atoms with E-state index in [9.17, 15) is 19.4 Å². The maximum absolute atomic E-state index is 13.8. The van der Waals surface area contributed by atoms with Crippen LogP contribution in [-0.2, 0) is 0 Å². The Bertz CT molecular complexity index is 1270. The molecule has 2 amide bonds. The number of aliphatic hydroxyl groups is 2. The molecule has 7 nitrogen and oxygen atoms in total. The molecule has 198 valence electrons. The predicted octanol–water partition coefficient (Wildman–Crippen LogP) is 5.21. The van der Waals surface area contributed by atoms with Crippen molar-refractivity contribution in [3.8, 4) is 0 Å². The largest absolute Gasteiger partial charge is 0.389 e. The molecule has 5 rings (SSSR count). The highest BCUT2D eigenvalue weighted by Crippen LogP contribution is 2.34. The minimum Gasteiger partial charge on any atom is -0.389 e. The van der Waals surface area contributed by atoms with Gasteiger partial charge in [-0.25, -0.2) is 9.18 Å². The van der Waals surface area contributed by atoms with Gasteiger partial charge in [0.05, 0.1) is 21.8 Å². The second-order valence-corrected chi connectivity index (χ2v) is 11.0. The molecule has 1 unspecified atom stereocenters. The van der Waals surface area contributed by atoms with Crippen LogP contribution in [0.25, 0.3) is 10.9 Å². The summed E-state index contributed by atoms with van der Waals surface area (Å²) in [6.07, 6.45) is 3.45. The second kappa shape index (κ2) is 10.8. The van der Waals surface area contributed by atoms with Crippen LogP contribution in [-0.4, -0.2) is 75.5 Å². The summed E-state index contributed by atoms with van der Waals surface area (Å²) < 4.78 is 13.8. The first-order valence-corrected chi connectivity index (χ1v) is 13.4. The molecule has 3 heterocycles. The first-order valence-electron chi connectivity index (χ1n) is 12.6. The number of benzene rings is 2. The number of piperidine rings is 2. The number of amides is 2. The smallest absolute Gasteiger partial charge is 0.321 e. The Morgan fingerprint density at radius 2 is 1.84 bits per heavy atom. The van der Waals surface area contributed by atoms with Gasteiger partial charge in [0.1, 0.15) is 5.82 Å². The van der Waals surface area contributed by atoms with Crippen LogP contribution in [0, 0.1) is 5.82 Å². The lowest BCUT2D eigenvalue weighted by atomic mass is 9.84. The summed E-state index contributed by atoms with van der Waals surface area (Å²) in [6, 6.07) is 9.42. The molecule has 0 spiro atoms. The number of urea groups is 1. The number of halogens is 3. The Balaban J connectivity index is 1.11. The maximum atomic E-state index is 13.8. The number of β-amino-alcohol motifs (C(OH)–C–C–N with tert-alkyl or cyclic N) is 1. The van der Waals surface area contributed by atoms with Crippen LogP contribution in [0.15, 0.2) is 42.6 Å². The SMILES string of the molecule is O=C(Nc1ccc(Cl)c(Cl)c1)N1CCC(O)(C(O)CN2CCC(c3c[nH]c4ccc(F)cc34)CC2)CC1. The van der Waals surface area contributed by atoms with Gasteiger partial charge in [0.15, 0.2) is 0 Å². The van der Waals surface area contributed by atoms with Crippen molar-refractivity contribution < 1.29 is 19.4 Å². The maximum Gasteiger partial charge on any atom is 0.321 e. The van der Waals surface area contributed by atoms with Gasteiger partial charge in [-0.3, -0.25) is 0 Å². The van der Waals surface area contributed by atoms with Crippen LogP contribution >= 0.6 is 23.2 Å². The van der Waals surface area contributed by atoms with E-state index >= 15 is 0 Å². The highest BCUT2D eigenvalue weighted by Gasteiger charge is 2.41. The third kappa shape index (κ3) is 5.73. The van der Waals surface area contributed by atoms with E-state index in [-0.39, 0.29) is 11.8 Å². The van der Waals surface area contributed by atoms with Crippen molar-refractivity contribution >= 4 is 45.8 Å². The number of H-pyrrole nitrogens is 1. The molecular formula is C27H31Cl2FN4O3. The molecule has 0 bridgehead atoms. The monoisotopic (exact) mass is 548 g/mol. The van der Waals surface area contributed by atoms with Crippen molar-refractivity contribution in [1.29, 1.82) is 0 Å². The van der Waals surface area contributed by atoms with Gasteiger partial charge in [0.2, 0.25) is 0 Å². The van der Waals surface area contributed by atoms with E-state index in [4.69, 9.17) is 23.2 Å². The number of likely N-dealkylation sites (tertiary alicyclic amines) is 2. The molecule has 4 N–H and O–H groups in total. The number of rotatable bonds is 5. The molecular weight excluding hydrogens is 518 g/mol. The highest BCUT2D eigenvalue weighted by molar-refractivity contribution is 6.42. The van der Waals surface area contributed by atoms with Crippen molar-refractivity contribution in [1.82, 2.24) is 14.8 Å². The highest BCUT2D eigenvalue weighted by atomic mass is 35.5. The zero-order chi connectivity index (χ0) is 26.2. The first kappa shape index (κ1) is 26.3. The molecule has 10 heteroatoms. The Hall–Kier alpha value is -2.36. The lowest BCUT2D eigenvalue weighted by molar-refractivity contribution is -0.113. The fourth-order valence-electron chi connectivity index (χ4n) is 5.50. The molecule has 2 aliphatic heterocycles. The Morgan fingerprint density at radius 1 is 1.11 bits per heavy atom. The molecule has 0 saturated carbocycles. The summed E-state index contributed by atoms with van der Waals surface area (Å²) in [4.78, 5) is 19.7. The van der Waals surface area contributed by atoms with Crippen molar-refractivity contribution in [3.05, 3.63) is 64.0 Å². The Labute approximate surface area is 225 Å². The van der Waals surface area contributed by atoms with Gasteiger partial charge in [-0.2, -0.15) is 0 Å². The molecule has 0 aliphatic carbocycles. The summed E-state index contributed by atoms with van der Waals surface area (Å²) >= 11 is 12.0. The van der Waals surface area contributed by atoms with Crippen molar-refractivity contribution in [2.24, 2.45) is 0 Å². The first-order chi connectivity index (χ1) is 17.7. The van der Waals surface area contributed by atoms with E-state index in [2.05, 4.69) is 15.2 Å². The molecule has 2 aromatic carbocycles. The second-order valence-electron chi connectivity index (χ2n) is 10.2. The quantitative estimate of drug-likeness (QED) is 0.352. The molecule has 1 aromatic heterocycles. The number of aliphatic hydroxyl groups excluding tert-OH is 1. The van der Waals surface area contributed by atoms with Crippen LogP contribution in [0.3, 0.4) is 0 Å². The minimum atomic E-state index is -1.24. The van der Waals surface area contributed by atoms with Crippen LogP contribution < -0.4 is 5.32 Å². The zero-order valence-electron chi connectivity index (χ0n) is 20.4. The average Bonchev–Trinajstić information content (AvgIpc) is 3.30. The standard InChI is InChI=1S/C27H31Cl2FN4O3/c28-22-3-2-19(14-23(22)29)32-26(36)34-11-7-27(37,8-12-34)25(35)16-33-9-5-17(6-10-33)21-15-31-24-4-1-18(30)13-20(21)24/h1-4,13-15,17,25,31,35,37H,5-12,16H2,(H,32,36). The van der Waals surface area contributed by atoms with Gasteiger partial charge < -0.3 is 30.3 Å². The van der Waals surface area contributed by atoms with Gasteiger partial charge in [-0.05, 0) is 86.7 Å². The number of carbonyl (C=O) groups is 1. The third-order valence-electron chi connectivity index (χ3n) is 7.84. The van der Waals surface area contributed by atoms with Gasteiger partial charge in [0, 0.05) is 42.4 Å². The van der Waals surface area contributed by atoms with Crippen LogP contribution in [0.4, 0.5) is 14.9 Å². The van der Waals surface area contributed by atoms with Crippen molar-refractivity contribution in [2.45, 2.75) is 43.3 Å². The van der Waals surface area contributed by atoms with Gasteiger partial charge in [-0.15, -0.1) is 0 Å². The minimum absolute atomic E-state index is 0.236. The van der Waals surface area contributed by atoms with Gasteiger partial charge in [-0.1, -0.05) is 23.2 Å². The number of carbonyl (C=O) groups excluding carboxylic acids is 1. The number of anilines is 1. The van der Waals surface area contributed by atoms with E-state index < -0.39 is 11.7 Å². The molecule has 3 aromatic rings. The van der Waals surface area contributed by atoms with Gasteiger partial charge in [0.25, 0.3) is 0 Å². The molecule has 1 atom stereocenters. The number of hydrogen-bond acceptors (Lipinski definition) is 4. The zero-order valence-corrected chi connectivity index (χ0v) is 21.9. The van der Waals surface area contributed by atoms with Crippen LogP contribution in [0.1, 0.15) is 37.2 Å². The predicted molar refractivity (Wildman–Crippen MR) is 144 cm³/mol. The fraction of sp³-hybridized carbons (Fsp3) is 0.444. The van der Waals surface area contributed by atoms with E-state index in [1.165, 1.54) is 6.07 Å². The van der Waals surface area contributed by atoms with Crippen molar-refractivity contribution in [2.75, 3.05) is 38.0 Å². The third-order valence-corrected chi connectivity index (χ3v) is 8.58. The average molecular weight is 549 g/mol. The van der Waals surface area contributed by atoms with E-state index in [1.54, 1.807) is 35.2 Å². The summed E-state index contributed by atoms with van der Waals surface area (Å²) in [7, 11) is 0. The van der Waals surface area contributed by atoms with Crippen LogP contribution in [0.2, 0.25) is 10.0 Å². The number of hydrogen-bond donors (Lipinski definition) is 4. The number of nitrogens with one attached hydrogen (secondary N) is 2. The number of nitrogens with zero attached hydrogens (tertiary/aromatic N) is 2. The summed E-state index contributed by atoms with van der Waals surface area (Å²) in [5.41, 5.74) is 1.38. The summed E-state index contributed by atoms with van der Waals surface area (Å²) in [5, 5.41) is 26.6. The summed E-state index contributed by atoms with van der Waals surface area (Å²) in [6.45, 7) is 2.62. The Morgan fingerprint density at radius 3 is 2.54 bits per heavy atom.